The summed E-state index contributed by atoms with van der Waals surface area (Å²) in [4.78, 5) is 38.4. The van der Waals surface area contributed by atoms with Gasteiger partial charge >= 0.3 is 5.97 Å². The van der Waals surface area contributed by atoms with Crippen molar-refractivity contribution in [2.75, 3.05) is 11.9 Å². The van der Waals surface area contributed by atoms with Crippen molar-refractivity contribution in [1.29, 1.82) is 0 Å². The maximum atomic E-state index is 13.2. The van der Waals surface area contributed by atoms with Gasteiger partial charge in [-0.2, -0.15) is 0 Å². The first-order chi connectivity index (χ1) is 17.5. The minimum Gasteiger partial charge on any atom is -0.506 e. The van der Waals surface area contributed by atoms with E-state index < -0.39 is 17.4 Å². The fraction of sp³-hybridized carbons (Fsp3) is 0.414. The standard InChI is InChI=1S/C27H32N2O5.C2H6/c1-3-5-7-10-17-29-22-12-9-8-11-21(22)24(30)23(26(29)32)25(31)28-20-15-13-19(14-16-20)27(33)34-18-6-4-2;1-2/h8-9,11-16,30H,3-7,10,17-18H2,1-2H3,(H,28,31);1-2H3. The lowest BCUT2D eigenvalue weighted by molar-refractivity contribution is 0.0499. The minimum absolute atomic E-state index is 0.294. The number of esters is 1. The number of benzene rings is 2. The number of hydrogen-bond donors (Lipinski definition) is 2. The van der Waals surface area contributed by atoms with E-state index in [1.165, 1.54) is 0 Å². The zero-order chi connectivity index (χ0) is 26.5. The molecule has 2 aromatic carbocycles. The summed E-state index contributed by atoms with van der Waals surface area (Å²) in [7, 11) is 0. The molecular formula is C29H38N2O5. The predicted molar refractivity (Wildman–Crippen MR) is 145 cm³/mol. The molecule has 1 heterocycles. The molecule has 0 unspecified atom stereocenters. The van der Waals surface area contributed by atoms with Gasteiger partial charge in [0.05, 0.1) is 17.7 Å². The van der Waals surface area contributed by atoms with E-state index in [-0.39, 0.29) is 11.3 Å². The van der Waals surface area contributed by atoms with Gasteiger partial charge in [-0.05, 0) is 49.2 Å². The predicted octanol–water partition coefficient (Wildman–Crippen LogP) is 6.52. The first kappa shape index (κ1) is 28.6. The van der Waals surface area contributed by atoms with Crippen molar-refractivity contribution in [3.05, 3.63) is 70.0 Å². The Morgan fingerprint density at radius 2 is 1.58 bits per heavy atom. The Morgan fingerprint density at radius 3 is 2.25 bits per heavy atom. The average molecular weight is 495 g/mol. The Kier molecular flexibility index (Phi) is 11.7. The van der Waals surface area contributed by atoms with Crippen LogP contribution in [-0.2, 0) is 11.3 Å². The molecule has 0 aliphatic rings. The lowest BCUT2D eigenvalue weighted by Gasteiger charge is -2.15. The molecule has 1 amide bonds. The Hall–Kier alpha value is -3.61. The van der Waals surface area contributed by atoms with Crippen LogP contribution in [-0.4, -0.2) is 28.2 Å². The van der Waals surface area contributed by atoms with Crippen LogP contribution >= 0.6 is 0 Å². The number of pyridine rings is 1. The number of carbonyl (C=O) groups is 2. The van der Waals surface area contributed by atoms with Gasteiger partial charge in [-0.3, -0.25) is 9.59 Å². The van der Waals surface area contributed by atoms with E-state index in [0.29, 0.717) is 35.3 Å². The second-order valence-electron chi connectivity index (χ2n) is 8.28. The summed E-state index contributed by atoms with van der Waals surface area (Å²) in [5, 5.41) is 13.9. The number of para-hydroxylation sites is 1. The summed E-state index contributed by atoms with van der Waals surface area (Å²) in [5.41, 5.74) is 0.552. The number of unbranched alkanes of at least 4 members (excludes halogenated alkanes) is 4. The van der Waals surface area contributed by atoms with Crippen LogP contribution in [0, 0.1) is 0 Å². The van der Waals surface area contributed by atoms with Crippen LogP contribution < -0.4 is 10.9 Å². The largest absolute Gasteiger partial charge is 0.506 e. The highest BCUT2D eigenvalue weighted by atomic mass is 16.5. The molecule has 0 saturated carbocycles. The topological polar surface area (TPSA) is 97.6 Å². The van der Waals surface area contributed by atoms with Crippen molar-refractivity contribution in [3.8, 4) is 5.75 Å². The molecule has 0 radical (unpaired) electrons. The number of carbonyl (C=O) groups excluding carboxylic acids is 2. The molecule has 3 rings (SSSR count). The van der Waals surface area contributed by atoms with Gasteiger partial charge in [0.1, 0.15) is 11.3 Å². The number of amides is 1. The summed E-state index contributed by atoms with van der Waals surface area (Å²) >= 11 is 0. The first-order valence-electron chi connectivity index (χ1n) is 12.9. The molecule has 36 heavy (non-hydrogen) atoms. The van der Waals surface area contributed by atoms with Crippen LogP contribution in [0.25, 0.3) is 10.9 Å². The van der Waals surface area contributed by atoms with E-state index in [1.807, 2.05) is 20.8 Å². The lowest BCUT2D eigenvalue weighted by Crippen LogP contribution is -2.30. The fourth-order valence-corrected chi connectivity index (χ4v) is 3.79. The van der Waals surface area contributed by atoms with Crippen LogP contribution in [0.4, 0.5) is 5.69 Å². The molecule has 2 N–H and O–H groups in total. The molecule has 7 heteroatoms. The molecule has 0 saturated heterocycles. The second kappa shape index (κ2) is 14.7. The number of aromatic nitrogens is 1. The van der Waals surface area contributed by atoms with Crippen molar-refractivity contribution < 1.29 is 19.4 Å². The van der Waals surface area contributed by atoms with Crippen molar-refractivity contribution >= 4 is 28.5 Å². The highest BCUT2D eigenvalue weighted by Gasteiger charge is 2.22. The molecule has 0 fully saturated rings. The summed E-state index contributed by atoms with van der Waals surface area (Å²) in [6.07, 6.45) is 5.66. The third kappa shape index (κ3) is 7.20. The van der Waals surface area contributed by atoms with Crippen LogP contribution in [0.3, 0.4) is 0 Å². The van der Waals surface area contributed by atoms with Crippen LogP contribution in [0.2, 0.25) is 0 Å². The van der Waals surface area contributed by atoms with Crippen molar-refractivity contribution in [2.45, 2.75) is 72.8 Å². The van der Waals surface area contributed by atoms with Gasteiger partial charge < -0.3 is 19.7 Å². The summed E-state index contributed by atoms with van der Waals surface area (Å²) in [6.45, 7) is 8.96. The molecule has 0 aliphatic carbocycles. The number of anilines is 1. The second-order valence-corrected chi connectivity index (χ2v) is 8.28. The number of ether oxygens (including phenoxy) is 1. The van der Waals surface area contributed by atoms with E-state index in [4.69, 9.17) is 4.74 Å². The number of nitrogens with one attached hydrogen (secondary N) is 1. The van der Waals surface area contributed by atoms with Gasteiger partial charge in [-0.15, -0.1) is 0 Å². The summed E-state index contributed by atoms with van der Waals surface area (Å²) in [5.74, 6) is -1.46. The zero-order valence-electron chi connectivity index (χ0n) is 21.8. The highest BCUT2D eigenvalue weighted by Crippen LogP contribution is 2.27. The maximum Gasteiger partial charge on any atom is 0.338 e. The smallest absolute Gasteiger partial charge is 0.338 e. The quantitative estimate of drug-likeness (QED) is 0.233. The van der Waals surface area contributed by atoms with E-state index in [0.717, 1.165) is 38.5 Å². The average Bonchev–Trinajstić information content (AvgIpc) is 2.90. The van der Waals surface area contributed by atoms with Crippen LogP contribution in [0.5, 0.6) is 5.75 Å². The summed E-state index contributed by atoms with van der Waals surface area (Å²) < 4.78 is 6.75. The number of rotatable bonds is 11. The first-order valence-corrected chi connectivity index (χ1v) is 12.9. The molecule has 7 nitrogen and oxygen atoms in total. The Labute approximate surface area is 213 Å². The van der Waals surface area contributed by atoms with Gasteiger partial charge in [0.15, 0.2) is 0 Å². The fourth-order valence-electron chi connectivity index (χ4n) is 3.79. The van der Waals surface area contributed by atoms with Crippen molar-refractivity contribution in [1.82, 2.24) is 4.57 Å². The molecule has 0 aliphatic heterocycles. The molecule has 3 aromatic rings. The molecule has 0 spiro atoms. The molecule has 0 atom stereocenters. The number of aromatic hydroxyl groups is 1. The Balaban J connectivity index is 0.00000222. The Bertz CT molecular complexity index is 1200. The number of fused-ring (bicyclic) bond motifs is 1. The van der Waals surface area contributed by atoms with Gasteiger partial charge in [0.2, 0.25) is 0 Å². The maximum absolute atomic E-state index is 13.2. The third-order valence-corrected chi connectivity index (χ3v) is 5.72. The normalized spacial score (nSPS) is 10.4. The van der Waals surface area contributed by atoms with Gasteiger partial charge in [-0.25, -0.2) is 4.79 Å². The van der Waals surface area contributed by atoms with E-state index >= 15 is 0 Å². The lowest BCUT2D eigenvalue weighted by atomic mass is 10.1. The number of aryl methyl sites for hydroxylation is 1. The number of hydrogen-bond acceptors (Lipinski definition) is 5. The minimum atomic E-state index is -0.700. The highest BCUT2D eigenvalue weighted by molar-refractivity contribution is 6.09. The zero-order valence-corrected chi connectivity index (χ0v) is 21.8. The molecule has 194 valence electrons. The van der Waals surface area contributed by atoms with Crippen LogP contribution in [0.1, 0.15) is 86.9 Å². The van der Waals surface area contributed by atoms with E-state index in [2.05, 4.69) is 12.2 Å². The van der Waals surface area contributed by atoms with E-state index in [9.17, 15) is 19.5 Å². The monoisotopic (exact) mass is 494 g/mol. The summed E-state index contributed by atoms with van der Waals surface area (Å²) in [6, 6.07) is 13.3. The SMILES string of the molecule is CC.CCCCCCn1c(=O)c(C(=O)Nc2ccc(C(=O)OCCCC)cc2)c(O)c2ccccc21. The van der Waals surface area contributed by atoms with Crippen molar-refractivity contribution in [2.24, 2.45) is 0 Å². The van der Waals surface area contributed by atoms with Gasteiger partial charge in [0.25, 0.3) is 11.5 Å². The molecule has 0 bridgehead atoms. The van der Waals surface area contributed by atoms with Gasteiger partial charge in [0, 0.05) is 17.6 Å². The van der Waals surface area contributed by atoms with E-state index in [1.54, 1.807) is 53.1 Å². The molecular weight excluding hydrogens is 456 g/mol. The van der Waals surface area contributed by atoms with Gasteiger partial charge in [-0.1, -0.05) is 65.5 Å². The molecule has 1 aromatic heterocycles. The Morgan fingerprint density at radius 1 is 0.917 bits per heavy atom. The van der Waals surface area contributed by atoms with Crippen LogP contribution in [0.15, 0.2) is 53.3 Å². The third-order valence-electron chi connectivity index (χ3n) is 5.72. The van der Waals surface area contributed by atoms with Crippen molar-refractivity contribution in [3.63, 3.8) is 0 Å². The number of nitrogens with zero attached hydrogens (tertiary/aromatic N) is 1.